The average molecular weight is 383 g/mol. The van der Waals surface area contributed by atoms with Gasteiger partial charge in [0.2, 0.25) is 10.0 Å². The first-order valence-corrected chi connectivity index (χ1v) is 10.2. The fourth-order valence-corrected chi connectivity index (χ4v) is 4.18. The number of urea groups is 2. The summed E-state index contributed by atoms with van der Waals surface area (Å²) in [5.41, 5.74) is 0. The van der Waals surface area contributed by atoms with Gasteiger partial charge in [0.1, 0.15) is 6.04 Å². The Balaban J connectivity index is 1.68. The van der Waals surface area contributed by atoms with Crippen LogP contribution >= 0.6 is 11.3 Å². The van der Waals surface area contributed by atoms with E-state index < -0.39 is 22.1 Å². The average Bonchev–Trinajstić information content (AvgIpc) is 3.28. The summed E-state index contributed by atoms with van der Waals surface area (Å²) in [5, 5.41) is 8.84. The molecular formula is C14H17N5O4S2. The molecule has 0 aromatic carbocycles. The van der Waals surface area contributed by atoms with E-state index in [1.807, 2.05) is 17.5 Å². The summed E-state index contributed by atoms with van der Waals surface area (Å²) in [4.78, 5) is 26.3. The lowest BCUT2D eigenvalue weighted by Crippen LogP contribution is -2.45. The number of rotatable bonds is 5. The number of sulfonamides is 1. The van der Waals surface area contributed by atoms with Gasteiger partial charge < -0.3 is 5.32 Å². The number of nitrogens with one attached hydrogen (secondary N) is 1. The number of amides is 4. The highest BCUT2D eigenvalue weighted by atomic mass is 32.2. The lowest BCUT2D eigenvalue weighted by atomic mass is 10.2. The zero-order valence-electron chi connectivity index (χ0n) is 13.4. The second kappa shape index (κ2) is 6.84. The topological polar surface area (TPSA) is 105 Å². The maximum Gasteiger partial charge on any atom is 0.341 e. The first-order valence-electron chi connectivity index (χ1n) is 7.47. The van der Waals surface area contributed by atoms with E-state index in [1.165, 1.54) is 11.3 Å². The Morgan fingerprint density at radius 1 is 1.40 bits per heavy atom. The van der Waals surface area contributed by atoms with Gasteiger partial charge in [-0.2, -0.15) is 5.10 Å². The molecule has 2 aromatic rings. The molecule has 3 heterocycles. The molecule has 1 N–H and O–H groups in total. The van der Waals surface area contributed by atoms with Crippen molar-refractivity contribution in [3.63, 3.8) is 0 Å². The number of imide groups is 1. The molecule has 0 radical (unpaired) electrons. The highest BCUT2D eigenvalue weighted by molar-refractivity contribution is 7.88. The normalized spacial score (nSPS) is 16.3. The van der Waals surface area contributed by atoms with Crippen LogP contribution in [0.2, 0.25) is 0 Å². The number of hydrogen-bond donors (Lipinski definition) is 1. The van der Waals surface area contributed by atoms with Gasteiger partial charge in [-0.25, -0.2) is 27.2 Å². The van der Waals surface area contributed by atoms with Gasteiger partial charge in [0.05, 0.1) is 19.3 Å². The summed E-state index contributed by atoms with van der Waals surface area (Å²) in [6.45, 7) is 0.228. The van der Waals surface area contributed by atoms with Crippen LogP contribution in [0.15, 0.2) is 36.0 Å². The molecule has 4 amide bonds. The van der Waals surface area contributed by atoms with Crippen molar-refractivity contribution < 1.29 is 18.0 Å². The highest BCUT2D eigenvalue weighted by Crippen LogP contribution is 2.22. The molecule has 0 bridgehead atoms. The first-order chi connectivity index (χ1) is 11.9. The molecule has 9 nitrogen and oxygen atoms in total. The Morgan fingerprint density at radius 3 is 2.76 bits per heavy atom. The van der Waals surface area contributed by atoms with Gasteiger partial charge in [0.15, 0.2) is 0 Å². The van der Waals surface area contributed by atoms with Crippen molar-refractivity contribution in [3.8, 4) is 0 Å². The van der Waals surface area contributed by atoms with Gasteiger partial charge in [0.25, 0.3) is 0 Å². The summed E-state index contributed by atoms with van der Waals surface area (Å²) in [5.74, 6) is 0. The Bertz CT molecular complexity index is 814. The van der Waals surface area contributed by atoms with Crippen LogP contribution in [0.1, 0.15) is 10.9 Å². The number of hydrogen-bond acceptors (Lipinski definition) is 6. The summed E-state index contributed by atoms with van der Waals surface area (Å²) in [6.07, 6.45) is 4.39. The predicted octanol–water partition coefficient (Wildman–Crippen LogP) is 0.941. The molecule has 2 aromatic heterocycles. The minimum absolute atomic E-state index is 0.0292. The summed E-state index contributed by atoms with van der Waals surface area (Å²) in [6, 6.07) is 3.98. The number of carbonyl (C=O) groups excluding carboxylic acids is 2. The second-order valence-corrected chi connectivity index (χ2v) is 8.36. The molecule has 1 saturated heterocycles. The third-order valence-electron chi connectivity index (χ3n) is 3.78. The maximum absolute atomic E-state index is 12.3. The van der Waals surface area contributed by atoms with Crippen LogP contribution in [0, 0.1) is 0 Å². The Kier molecular flexibility index (Phi) is 4.77. The van der Waals surface area contributed by atoms with E-state index in [4.69, 9.17) is 0 Å². The molecular weight excluding hydrogens is 366 g/mol. The minimum Gasteiger partial charge on any atom is -0.335 e. The molecule has 1 atom stereocenters. The Hall–Kier alpha value is -2.40. The third-order valence-corrected chi connectivity index (χ3v) is 5.89. The standard InChI is InChI=1S/C14H17N5O4S2/c1-25(22,23)19-8-7-17(14(19)21)13(20)15-10-11(12-4-2-9-24-12)18-6-3-5-16-18/h2-6,9,11H,7-8,10H2,1H3,(H,15,20)/t11-/m0/s1. The fourth-order valence-electron chi connectivity index (χ4n) is 2.56. The van der Waals surface area contributed by atoms with Gasteiger partial charge in [-0.05, 0) is 17.5 Å². The van der Waals surface area contributed by atoms with Crippen LogP contribution in [0.3, 0.4) is 0 Å². The molecule has 0 spiro atoms. The van der Waals surface area contributed by atoms with Gasteiger partial charge in [0, 0.05) is 23.8 Å². The molecule has 1 aliphatic heterocycles. The molecule has 3 rings (SSSR count). The van der Waals surface area contributed by atoms with Crippen molar-refractivity contribution in [2.75, 3.05) is 25.9 Å². The number of nitrogens with zero attached hydrogens (tertiary/aromatic N) is 4. The quantitative estimate of drug-likeness (QED) is 0.827. The van der Waals surface area contributed by atoms with Crippen molar-refractivity contribution in [3.05, 3.63) is 40.8 Å². The third kappa shape index (κ3) is 3.66. The lowest BCUT2D eigenvalue weighted by molar-refractivity contribution is 0.193. The molecule has 0 saturated carbocycles. The zero-order chi connectivity index (χ0) is 18.0. The van der Waals surface area contributed by atoms with Crippen LogP contribution in [0.5, 0.6) is 0 Å². The monoisotopic (exact) mass is 383 g/mol. The van der Waals surface area contributed by atoms with E-state index in [-0.39, 0.29) is 25.7 Å². The number of thiophene rings is 1. The summed E-state index contributed by atoms with van der Waals surface area (Å²) < 4.78 is 25.5. The summed E-state index contributed by atoms with van der Waals surface area (Å²) >= 11 is 1.54. The van der Waals surface area contributed by atoms with Crippen LogP contribution in [-0.4, -0.2) is 65.4 Å². The smallest absolute Gasteiger partial charge is 0.335 e. The van der Waals surface area contributed by atoms with Crippen LogP contribution < -0.4 is 5.32 Å². The molecule has 0 unspecified atom stereocenters. The van der Waals surface area contributed by atoms with Crippen LogP contribution in [-0.2, 0) is 10.0 Å². The zero-order valence-corrected chi connectivity index (χ0v) is 15.0. The SMILES string of the molecule is CS(=O)(=O)N1CCN(C(=O)NC[C@@H](c2cccs2)n2cccn2)C1=O. The van der Waals surface area contributed by atoms with Crippen LogP contribution in [0.25, 0.3) is 0 Å². The van der Waals surface area contributed by atoms with Gasteiger partial charge in [-0.1, -0.05) is 6.07 Å². The molecule has 25 heavy (non-hydrogen) atoms. The van der Waals surface area contributed by atoms with E-state index in [0.717, 1.165) is 16.0 Å². The van der Waals surface area contributed by atoms with E-state index in [1.54, 1.807) is 23.1 Å². The van der Waals surface area contributed by atoms with Crippen LogP contribution in [0.4, 0.5) is 9.59 Å². The first kappa shape index (κ1) is 17.4. The molecule has 1 aliphatic rings. The van der Waals surface area contributed by atoms with E-state index in [2.05, 4.69) is 10.4 Å². The Morgan fingerprint density at radius 2 is 2.20 bits per heavy atom. The highest BCUT2D eigenvalue weighted by Gasteiger charge is 2.38. The largest absolute Gasteiger partial charge is 0.341 e. The molecule has 1 fully saturated rings. The molecule has 11 heteroatoms. The van der Waals surface area contributed by atoms with Crippen molar-refractivity contribution in [1.82, 2.24) is 24.3 Å². The fraction of sp³-hybridized carbons (Fsp3) is 0.357. The van der Waals surface area contributed by atoms with Crippen molar-refractivity contribution in [1.29, 1.82) is 0 Å². The number of aromatic nitrogens is 2. The number of carbonyl (C=O) groups is 2. The second-order valence-electron chi connectivity index (χ2n) is 5.47. The van der Waals surface area contributed by atoms with Gasteiger partial charge in [-0.3, -0.25) is 4.68 Å². The van der Waals surface area contributed by atoms with Gasteiger partial charge >= 0.3 is 12.1 Å². The van der Waals surface area contributed by atoms with Crippen molar-refractivity contribution in [2.24, 2.45) is 0 Å². The Labute approximate surface area is 148 Å². The maximum atomic E-state index is 12.3. The molecule has 134 valence electrons. The summed E-state index contributed by atoms with van der Waals surface area (Å²) in [7, 11) is -3.67. The van der Waals surface area contributed by atoms with E-state index >= 15 is 0 Å². The molecule has 0 aliphatic carbocycles. The van der Waals surface area contributed by atoms with Crippen molar-refractivity contribution in [2.45, 2.75) is 6.04 Å². The van der Waals surface area contributed by atoms with Crippen molar-refractivity contribution >= 4 is 33.4 Å². The minimum atomic E-state index is -3.67. The lowest BCUT2D eigenvalue weighted by Gasteiger charge is -2.20. The van der Waals surface area contributed by atoms with E-state index in [9.17, 15) is 18.0 Å². The van der Waals surface area contributed by atoms with Gasteiger partial charge in [-0.15, -0.1) is 11.3 Å². The van der Waals surface area contributed by atoms with E-state index in [0.29, 0.717) is 4.31 Å². The predicted molar refractivity (Wildman–Crippen MR) is 91.7 cm³/mol.